The maximum absolute atomic E-state index is 7.24. The zero-order valence-corrected chi connectivity index (χ0v) is 9.27. The van der Waals surface area contributed by atoms with Crippen molar-refractivity contribution >= 4 is 5.84 Å². The molecule has 0 aromatic carbocycles. The van der Waals surface area contributed by atoms with Gasteiger partial charge in [0.2, 0.25) is 0 Å². The van der Waals surface area contributed by atoms with Crippen molar-refractivity contribution in [1.82, 2.24) is 9.88 Å². The highest BCUT2D eigenvalue weighted by Crippen LogP contribution is 2.06. The number of nitrogens with zero attached hydrogens (tertiary/aromatic N) is 2. The van der Waals surface area contributed by atoms with Gasteiger partial charge in [-0.2, -0.15) is 0 Å². The van der Waals surface area contributed by atoms with Crippen LogP contribution < -0.4 is 5.73 Å². The van der Waals surface area contributed by atoms with Crippen LogP contribution in [0.4, 0.5) is 0 Å². The Kier molecular flexibility index (Phi) is 4.24. The van der Waals surface area contributed by atoms with Gasteiger partial charge in [0.1, 0.15) is 0 Å². The van der Waals surface area contributed by atoms with Crippen molar-refractivity contribution in [2.24, 2.45) is 5.73 Å². The number of amidine groups is 1. The summed E-state index contributed by atoms with van der Waals surface area (Å²) in [7, 11) is 2.03. The zero-order valence-electron chi connectivity index (χ0n) is 9.27. The van der Waals surface area contributed by atoms with Gasteiger partial charge in [-0.1, -0.05) is 6.07 Å². The van der Waals surface area contributed by atoms with E-state index >= 15 is 0 Å². The molecule has 4 nitrogen and oxygen atoms in total. The predicted octanol–water partition coefficient (Wildman–Crippen LogP) is 1.23. The van der Waals surface area contributed by atoms with E-state index in [1.165, 1.54) is 5.56 Å². The summed E-state index contributed by atoms with van der Waals surface area (Å²) in [5.41, 5.74) is 6.55. The van der Waals surface area contributed by atoms with E-state index in [4.69, 9.17) is 11.1 Å². The van der Waals surface area contributed by atoms with E-state index < -0.39 is 0 Å². The topological polar surface area (TPSA) is 66.0 Å². The lowest BCUT2D eigenvalue weighted by atomic mass is 10.2. The third-order valence-corrected chi connectivity index (χ3v) is 2.42. The minimum Gasteiger partial charge on any atom is -0.388 e. The Morgan fingerprint density at radius 1 is 1.67 bits per heavy atom. The molecule has 0 radical (unpaired) electrons. The van der Waals surface area contributed by atoms with E-state index in [0.29, 0.717) is 6.42 Å². The number of rotatable bonds is 5. The van der Waals surface area contributed by atoms with Crippen molar-refractivity contribution in [2.75, 3.05) is 7.05 Å². The largest absolute Gasteiger partial charge is 0.388 e. The molecule has 0 aliphatic heterocycles. The van der Waals surface area contributed by atoms with E-state index in [0.717, 1.165) is 6.54 Å². The number of aromatic nitrogens is 1. The Morgan fingerprint density at radius 3 is 2.93 bits per heavy atom. The summed E-state index contributed by atoms with van der Waals surface area (Å²) in [6, 6.07) is 4.26. The van der Waals surface area contributed by atoms with Crippen LogP contribution in [0, 0.1) is 5.41 Å². The van der Waals surface area contributed by atoms with E-state index in [2.05, 4.69) is 16.8 Å². The number of nitrogens with two attached hydrogens (primary N) is 1. The summed E-state index contributed by atoms with van der Waals surface area (Å²) in [4.78, 5) is 6.23. The fraction of sp³-hybridized carbons (Fsp3) is 0.455. The van der Waals surface area contributed by atoms with Gasteiger partial charge in [-0.05, 0) is 25.6 Å². The first kappa shape index (κ1) is 11.7. The molecule has 1 unspecified atom stereocenters. The van der Waals surface area contributed by atoms with Crippen LogP contribution >= 0.6 is 0 Å². The smallest absolute Gasteiger partial charge is 0.0920 e. The molecular formula is C11H18N4. The van der Waals surface area contributed by atoms with Crippen molar-refractivity contribution in [3.05, 3.63) is 30.1 Å². The second kappa shape index (κ2) is 5.46. The van der Waals surface area contributed by atoms with Crippen LogP contribution in [0.1, 0.15) is 18.9 Å². The van der Waals surface area contributed by atoms with Crippen molar-refractivity contribution in [3.8, 4) is 0 Å². The van der Waals surface area contributed by atoms with Gasteiger partial charge in [0.05, 0.1) is 5.84 Å². The van der Waals surface area contributed by atoms with E-state index in [1.807, 2.05) is 25.4 Å². The van der Waals surface area contributed by atoms with Gasteiger partial charge in [0.25, 0.3) is 0 Å². The van der Waals surface area contributed by atoms with E-state index in [9.17, 15) is 0 Å². The van der Waals surface area contributed by atoms with Crippen LogP contribution in [-0.4, -0.2) is 28.8 Å². The van der Waals surface area contributed by atoms with Crippen LogP contribution in [0.25, 0.3) is 0 Å². The second-order valence-corrected chi connectivity index (χ2v) is 3.85. The molecule has 3 N–H and O–H groups in total. The van der Waals surface area contributed by atoms with Crippen LogP contribution in [-0.2, 0) is 6.54 Å². The van der Waals surface area contributed by atoms with Gasteiger partial charge in [-0.3, -0.25) is 15.3 Å². The maximum atomic E-state index is 7.24. The normalized spacial score (nSPS) is 12.7. The monoisotopic (exact) mass is 206 g/mol. The second-order valence-electron chi connectivity index (χ2n) is 3.85. The first-order valence-electron chi connectivity index (χ1n) is 5.01. The van der Waals surface area contributed by atoms with Crippen LogP contribution in [0.15, 0.2) is 24.5 Å². The number of hydrogen-bond donors (Lipinski definition) is 2. The Labute approximate surface area is 90.6 Å². The lowest BCUT2D eigenvalue weighted by Gasteiger charge is -2.24. The molecule has 4 heteroatoms. The van der Waals surface area contributed by atoms with Crippen LogP contribution in [0.5, 0.6) is 0 Å². The predicted molar refractivity (Wildman–Crippen MR) is 61.7 cm³/mol. The number of hydrogen-bond acceptors (Lipinski definition) is 3. The molecule has 0 aliphatic rings. The number of nitrogens with one attached hydrogen (secondary N) is 1. The van der Waals surface area contributed by atoms with Gasteiger partial charge in [-0.15, -0.1) is 0 Å². The Bertz CT molecular complexity index is 310. The third-order valence-electron chi connectivity index (χ3n) is 2.42. The fourth-order valence-electron chi connectivity index (χ4n) is 1.41. The SMILES string of the molecule is CC(CC(=N)N)N(C)Cc1cccnc1. The van der Waals surface area contributed by atoms with Crippen LogP contribution in [0.2, 0.25) is 0 Å². The third kappa shape index (κ3) is 4.08. The maximum Gasteiger partial charge on any atom is 0.0920 e. The van der Waals surface area contributed by atoms with Crippen molar-refractivity contribution in [3.63, 3.8) is 0 Å². The minimum absolute atomic E-state index is 0.237. The summed E-state index contributed by atoms with van der Waals surface area (Å²) in [5, 5.41) is 7.24. The molecule has 0 saturated carbocycles. The molecule has 1 atom stereocenters. The lowest BCUT2D eigenvalue weighted by Crippen LogP contribution is -2.32. The van der Waals surface area contributed by atoms with Crippen LogP contribution in [0.3, 0.4) is 0 Å². The summed E-state index contributed by atoms with van der Waals surface area (Å²) < 4.78 is 0. The molecule has 0 aliphatic carbocycles. The standard InChI is InChI=1S/C11H18N4/c1-9(6-11(12)13)15(2)8-10-4-3-5-14-7-10/h3-5,7,9H,6,8H2,1-2H3,(H3,12,13). The van der Waals surface area contributed by atoms with Gasteiger partial charge in [0, 0.05) is 31.4 Å². The van der Waals surface area contributed by atoms with Crippen molar-refractivity contribution in [2.45, 2.75) is 25.9 Å². The lowest BCUT2D eigenvalue weighted by molar-refractivity contribution is 0.254. The molecular weight excluding hydrogens is 188 g/mol. The molecule has 1 heterocycles. The Morgan fingerprint density at radius 2 is 2.40 bits per heavy atom. The molecule has 0 saturated heterocycles. The average Bonchev–Trinajstić information content (AvgIpc) is 2.18. The first-order chi connectivity index (χ1) is 7.09. The van der Waals surface area contributed by atoms with Crippen molar-refractivity contribution < 1.29 is 0 Å². The quantitative estimate of drug-likeness (QED) is 0.562. The Balaban J connectivity index is 2.48. The molecule has 0 fully saturated rings. The van der Waals surface area contributed by atoms with E-state index in [-0.39, 0.29) is 11.9 Å². The average molecular weight is 206 g/mol. The molecule has 1 rings (SSSR count). The van der Waals surface area contributed by atoms with E-state index in [1.54, 1.807) is 6.20 Å². The fourth-order valence-corrected chi connectivity index (χ4v) is 1.41. The highest BCUT2D eigenvalue weighted by Gasteiger charge is 2.10. The molecule has 15 heavy (non-hydrogen) atoms. The zero-order chi connectivity index (χ0) is 11.3. The van der Waals surface area contributed by atoms with Gasteiger partial charge in [0.15, 0.2) is 0 Å². The molecule has 82 valence electrons. The summed E-state index contributed by atoms with van der Waals surface area (Å²) in [6.45, 7) is 2.90. The first-order valence-corrected chi connectivity index (χ1v) is 5.01. The summed E-state index contributed by atoms with van der Waals surface area (Å²) in [6.07, 6.45) is 4.23. The Hall–Kier alpha value is -1.42. The van der Waals surface area contributed by atoms with Gasteiger partial charge >= 0.3 is 0 Å². The summed E-state index contributed by atoms with van der Waals surface area (Å²) >= 11 is 0. The molecule has 1 aromatic rings. The minimum atomic E-state index is 0.237. The summed E-state index contributed by atoms with van der Waals surface area (Å²) in [5.74, 6) is 0.237. The molecule has 1 aromatic heterocycles. The number of pyridine rings is 1. The van der Waals surface area contributed by atoms with Gasteiger partial charge in [-0.25, -0.2) is 0 Å². The molecule has 0 spiro atoms. The highest BCUT2D eigenvalue weighted by molar-refractivity contribution is 5.77. The highest BCUT2D eigenvalue weighted by atomic mass is 15.1. The van der Waals surface area contributed by atoms with Gasteiger partial charge < -0.3 is 5.73 Å². The molecule has 0 amide bonds. The molecule has 0 bridgehead atoms. The van der Waals surface area contributed by atoms with Crippen molar-refractivity contribution in [1.29, 1.82) is 5.41 Å².